The normalized spacial score (nSPS) is 10.4. The average molecular weight is 221 g/mol. The number of anilines is 1. The fraction of sp³-hybridized carbons (Fsp3) is 0.182. The second-order valence-corrected chi connectivity index (χ2v) is 3.50. The van der Waals surface area contributed by atoms with E-state index >= 15 is 0 Å². The van der Waals surface area contributed by atoms with Crippen LogP contribution >= 0.6 is 0 Å². The Morgan fingerprint density at radius 3 is 2.69 bits per heavy atom. The fourth-order valence-electron chi connectivity index (χ4n) is 1.71. The van der Waals surface area contributed by atoms with Crippen LogP contribution in [0.5, 0.6) is 5.75 Å². The zero-order valence-corrected chi connectivity index (χ0v) is 9.04. The fourth-order valence-corrected chi connectivity index (χ4v) is 1.71. The molecule has 84 valence electrons. The summed E-state index contributed by atoms with van der Waals surface area (Å²) in [7, 11) is 1.54. The Balaban J connectivity index is 2.68. The summed E-state index contributed by atoms with van der Waals surface area (Å²) in [5, 5.41) is 6.41. The number of methoxy groups -OCH3 is 1. The molecule has 0 atom stereocenters. The lowest BCUT2D eigenvalue weighted by atomic mass is 10.0. The van der Waals surface area contributed by atoms with Crippen LogP contribution in [0, 0.1) is 12.7 Å². The van der Waals surface area contributed by atoms with E-state index in [2.05, 4.69) is 10.2 Å². The summed E-state index contributed by atoms with van der Waals surface area (Å²) in [5.41, 5.74) is 7.66. The van der Waals surface area contributed by atoms with E-state index in [1.807, 2.05) is 0 Å². The standard InChI is InChI=1S/C11H12FN3O/c1-6-3-7(12)4-8(10(6)16-2)9-5-14-15-11(9)13/h3-5H,1-2H3,(H3,13,14,15). The van der Waals surface area contributed by atoms with Crippen molar-refractivity contribution in [1.82, 2.24) is 10.2 Å². The molecule has 0 amide bonds. The zero-order chi connectivity index (χ0) is 11.7. The van der Waals surface area contributed by atoms with Crippen molar-refractivity contribution in [3.8, 4) is 16.9 Å². The number of hydrogen-bond donors (Lipinski definition) is 2. The molecule has 0 saturated heterocycles. The highest BCUT2D eigenvalue weighted by Gasteiger charge is 2.14. The SMILES string of the molecule is COc1c(C)cc(F)cc1-c1cn[nH]c1N. The third-order valence-electron chi connectivity index (χ3n) is 2.40. The molecule has 1 heterocycles. The Labute approximate surface area is 92.2 Å². The molecule has 0 unspecified atom stereocenters. The van der Waals surface area contributed by atoms with Crippen LogP contribution < -0.4 is 10.5 Å². The molecule has 0 aliphatic carbocycles. The van der Waals surface area contributed by atoms with Crippen LogP contribution in [-0.2, 0) is 0 Å². The van der Waals surface area contributed by atoms with Crippen molar-refractivity contribution < 1.29 is 9.13 Å². The first-order chi connectivity index (χ1) is 7.63. The number of benzene rings is 1. The van der Waals surface area contributed by atoms with Crippen LogP contribution in [0.4, 0.5) is 10.2 Å². The van der Waals surface area contributed by atoms with Gasteiger partial charge >= 0.3 is 0 Å². The van der Waals surface area contributed by atoms with Crippen LogP contribution in [-0.4, -0.2) is 17.3 Å². The van der Waals surface area contributed by atoms with Crippen molar-refractivity contribution >= 4 is 5.82 Å². The van der Waals surface area contributed by atoms with Gasteiger partial charge in [0.05, 0.1) is 13.3 Å². The lowest BCUT2D eigenvalue weighted by molar-refractivity contribution is 0.412. The Kier molecular flexibility index (Phi) is 2.52. The zero-order valence-electron chi connectivity index (χ0n) is 9.04. The summed E-state index contributed by atoms with van der Waals surface area (Å²) in [5.74, 6) is 0.673. The molecule has 3 N–H and O–H groups in total. The number of nitrogens with two attached hydrogens (primary N) is 1. The average Bonchev–Trinajstić information content (AvgIpc) is 2.63. The second kappa shape index (κ2) is 3.84. The van der Waals surface area contributed by atoms with Gasteiger partial charge in [-0.25, -0.2) is 4.39 Å². The van der Waals surface area contributed by atoms with Crippen LogP contribution in [0.3, 0.4) is 0 Å². The minimum Gasteiger partial charge on any atom is -0.496 e. The maximum Gasteiger partial charge on any atom is 0.129 e. The number of aromatic amines is 1. The summed E-state index contributed by atoms with van der Waals surface area (Å²) in [6.45, 7) is 1.78. The molecule has 4 nitrogen and oxygen atoms in total. The van der Waals surface area contributed by atoms with E-state index in [9.17, 15) is 4.39 Å². The van der Waals surface area contributed by atoms with Crippen molar-refractivity contribution in [2.45, 2.75) is 6.92 Å². The number of nitrogens with zero attached hydrogens (tertiary/aromatic N) is 1. The molecule has 2 aromatic rings. The summed E-state index contributed by atoms with van der Waals surface area (Å²) >= 11 is 0. The Bertz CT molecular complexity index is 522. The molecular weight excluding hydrogens is 209 g/mol. The molecule has 2 rings (SSSR count). The molecule has 0 aliphatic heterocycles. The highest BCUT2D eigenvalue weighted by Crippen LogP contribution is 2.35. The van der Waals surface area contributed by atoms with E-state index < -0.39 is 0 Å². The molecule has 16 heavy (non-hydrogen) atoms. The van der Waals surface area contributed by atoms with E-state index in [0.717, 1.165) is 5.56 Å². The lowest BCUT2D eigenvalue weighted by Crippen LogP contribution is -1.95. The van der Waals surface area contributed by atoms with Gasteiger partial charge in [-0.1, -0.05) is 0 Å². The van der Waals surface area contributed by atoms with Crippen LogP contribution in [0.25, 0.3) is 11.1 Å². The molecule has 0 radical (unpaired) electrons. The summed E-state index contributed by atoms with van der Waals surface area (Å²) < 4.78 is 18.6. The van der Waals surface area contributed by atoms with Crippen molar-refractivity contribution in [3.63, 3.8) is 0 Å². The first-order valence-corrected chi connectivity index (χ1v) is 4.77. The minimum atomic E-state index is -0.325. The van der Waals surface area contributed by atoms with Gasteiger partial charge in [-0.3, -0.25) is 5.10 Å². The largest absolute Gasteiger partial charge is 0.496 e. The Morgan fingerprint density at radius 2 is 2.12 bits per heavy atom. The van der Waals surface area contributed by atoms with E-state index in [0.29, 0.717) is 22.7 Å². The number of nitrogens with one attached hydrogen (secondary N) is 1. The Hall–Kier alpha value is -2.04. The third kappa shape index (κ3) is 1.60. The van der Waals surface area contributed by atoms with Gasteiger partial charge in [0.1, 0.15) is 17.4 Å². The Morgan fingerprint density at radius 1 is 1.38 bits per heavy atom. The third-order valence-corrected chi connectivity index (χ3v) is 2.40. The maximum absolute atomic E-state index is 13.3. The number of H-pyrrole nitrogens is 1. The molecular formula is C11H12FN3O. The van der Waals surface area contributed by atoms with E-state index in [1.54, 1.807) is 20.2 Å². The highest BCUT2D eigenvalue weighted by molar-refractivity contribution is 5.79. The second-order valence-electron chi connectivity index (χ2n) is 3.50. The number of hydrogen-bond acceptors (Lipinski definition) is 3. The van der Waals surface area contributed by atoms with Crippen LogP contribution in [0.2, 0.25) is 0 Å². The summed E-state index contributed by atoms with van der Waals surface area (Å²) in [6.07, 6.45) is 1.55. The number of nitrogen functional groups attached to an aromatic ring is 1. The monoisotopic (exact) mass is 221 g/mol. The first kappa shape index (κ1) is 10.5. The minimum absolute atomic E-state index is 0.325. The van der Waals surface area contributed by atoms with Gasteiger partial charge in [0.15, 0.2) is 0 Å². The number of halogens is 1. The molecule has 1 aromatic carbocycles. The molecule has 0 saturated carbocycles. The molecule has 1 aromatic heterocycles. The lowest BCUT2D eigenvalue weighted by Gasteiger charge is -2.10. The summed E-state index contributed by atoms with van der Waals surface area (Å²) in [6, 6.07) is 2.80. The van der Waals surface area contributed by atoms with Gasteiger partial charge in [0, 0.05) is 11.1 Å². The molecule has 0 aliphatic rings. The van der Waals surface area contributed by atoms with E-state index in [-0.39, 0.29) is 5.82 Å². The van der Waals surface area contributed by atoms with Crippen LogP contribution in [0.1, 0.15) is 5.56 Å². The van der Waals surface area contributed by atoms with Gasteiger partial charge in [0.25, 0.3) is 0 Å². The van der Waals surface area contributed by atoms with Crippen LogP contribution in [0.15, 0.2) is 18.3 Å². The molecule has 0 fully saturated rings. The maximum atomic E-state index is 13.3. The van der Waals surface area contributed by atoms with E-state index in [1.165, 1.54) is 12.1 Å². The highest BCUT2D eigenvalue weighted by atomic mass is 19.1. The molecule has 5 heteroatoms. The number of rotatable bonds is 2. The van der Waals surface area contributed by atoms with Gasteiger partial charge in [-0.15, -0.1) is 0 Å². The molecule has 0 spiro atoms. The smallest absolute Gasteiger partial charge is 0.129 e. The first-order valence-electron chi connectivity index (χ1n) is 4.77. The quantitative estimate of drug-likeness (QED) is 0.816. The topological polar surface area (TPSA) is 63.9 Å². The molecule has 0 bridgehead atoms. The van der Waals surface area contributed by atoms with Gasteiger partial charge in [0.2, 0.25) is 0 Å². The van der Waals surface area contributed by atoms with Crippen molar-refractivity contribution in [3.05, 3.63) is 29.7 Å². The van der Waals surface area contributed by atoms with Crippen molar-refractivity contribution in [2.75, 3.05) is 12.8 Å². The van der Waals surface area contributed by atoms with Gasteiger partial charge < -0.3 is 10.5 Å². The number of aromatic nitrogens is 2. The summed E-state index contributed by atoms with van der Waals surface area (Å²) in [4.78, 5) is 0. The number of aryl methyl sites for hydroxylation is 1. The predicted molar refractivity (Wildman–Crippen MR) is 59.7 cm³/mol. The predicted octanol–water partition coefficient (Wildman–Crippen LogP) is 2.12. The number of ether oxygens (including phenoxy) is 1. The van der Waals surface area contributed by atoms with Gasteiger partial charge in [-0.2, -0.15) is 5.10 Å². The van der Waals surface area contributed by atoms with Crippen molar-refractivity contribution in [1.29, 1.82) is 0 Å². The van der Waals surface area contributed by atoms with Gasteiger partial charge in [-0.05, 0) is 24.6 Å². The van der Waals surface area contributed by atoms with E-state index in [4.69, 9.17) is 10.5 Å². The van der Waals surface area contributed by atoms with Crippen molar-refractivity contribution in [2.24, 2.45) is 0 Å².